The molecule has 4 aliphatic rings. The summed E-state index contributed by atoms with van der Waals surface area (Å²) in [6.45, 7) is 4.10. The van der Waals surface area contributed by atoms with Crippen molar-refractivity contribution in [1.29, 1.82) is 0 Å². The van der Waals surface area contributed by atoms with Crippen LogP contribution in [0.2, 0.25) is 0 Å². The molecule has 8 heteroatoms. The number of fused-ring (bicyclic) bond motifs is 7. The Kier molecular flexibility index (Phi) is 5.94. The van der Waals surface area contributed by atoms with Gasteiger partial charge in [0.1, 0.15) is 17.2 Å². The van der Waals surface area contributed by atoms with Crippen LogP contribution in [0.1, 0.15) is 44.3 Å². The molecule has 8 rings (SSSR count). The van der Waals surface area contributed by atoms with Crippen LogP contribution in [0, 0.1) is 12.8 Å². The van der Waals surface area contributed by atoms with Crippen molar-refractivity contribution < 1.29 is 28.6 Å². The van der Waals surface area contributed by atoms with E-state index in [2.05, 4.69) is 17.5 Å². The van der Waals surface area contributed by atoms with Crippen LogP contribution in [0.5, 0.6) is 17.2 Å². The summed E-state index contributed by atoms with van der Waals surface area (Å²) in [5, 5.41) is 3.08. The molecule has 0 saturated carbocycles. The van der Waals surface area contributed by atoms with E-state index in [9.17, 15) is 9.59 Å². The van der Waals surface area contributed by atoms with E-state index in [1.54, 1.807) is 49.6 Å². The quantitative estimate of drug-likeness (QED) is 0.283. The third kappa shape index (κ3) is 3.75. The fraction of sp³-hybridized carbons (Fsp3) is 0.216. The van der Waals surface area contributed by atoms with Gasteiger partial charge in [0, 0.05) is 28.1 Å². The third-order valence-corrected chi connectivity index (χ3v) is 9.69. The number of aryl methyl sites for hydroxylation is 1. The van der Waals surface area contributed by atoms with Gasteiger partial charge in [0.2, 0.25) is 12.7 Å². The molecule has 1 spiro atoms. The van der Waals surface area contributed by atoms with Gasteiger partial charge in [-0.05, 0) is 73.5 Å². The molecule has 1 fully saturated rings. The lowest BCUT2D eigenvalue weighted by molar-refractivity contribution is -0.121. The third-order valence-electron chi connectivity index (χ3n) is 9.69. The predicted octanol–water partition coefficient (Wildman–Crippen LogP) is 5.98. The molecule has 0 aliphatic carbocycles. The molecule has 0 aromatic heterocycles. The van der Waals surface area contributed by atoms with E-state index in [0.717, 1.165) is 22.4 Å². The largest absolute Gasteiger partial charge is 0.497 e. The zero-order valence-corrected chi connectivity index (χ0v) is 25.0. The molecule has 1 saturated heterocycles. The maximum absolute atomic E-state index is 15.1. The number of hydrogen-bond acceptors (Lipinski definition) is 7. The number of Topliss-reactive ketones (excluding diaryl/α,β-unsaturated/α-hetero) is 2. The van der Waals surface area contributed by atoms with Crippen LogP contribution in [0.15, 0.2) is 91.0 Å². The number of allylic oxidation sites excluding steroid dienone is 1. The Labute approximate surface area is 260 Å². The van der Waals surface area contributed by atoms with Gasteiger partial charge in [-0.2, -0.15) is 0 Å². The highest BCUT2D eigenvalue weighted by Gasteiger charge is 2.70. The van der Waals surface area contributed by atoms with Crippen molar-refractivity contribution in [3.05, 3.63) is 119 Å². The number of ether oxygens (including phenoxy) is 3. The SMILES string of the molecule is COc1cccc(C(=O)[C@@H]2[C@H](C(=O)c3ccc4c(c3)OCO4)[C@@]3(C(=O)Nc4ccccc43)[C@@H]3C=C(C)c4cc(C)ccc4N23)c1. The van der Waals surface area contributed by atoms with Crippen molar-refractivity contribution in [3.63, 3.8) is 0 Å². The Bertz CT molecular complexity index is 1980. The van der Waals surface area contributed by atoms with Crippen LogP contribution in [0.3, 0.4) is 0 Å². The van der Waals surface area contributed by atoms with Crippen LogP contribution in [0.25, 0.3) is 5.57 Å². The lowest BCUT2D eigenvalue weighted by Gasteiger charge is -2.39. The van der Waals surface area contributed by atoms with Crippen LogP contribution >= 0.6 is 0 Å². The van der Waals surface area contributed by atoms with Gasteiger partial charge in [0.15, 0.2) is 23.1 Å². The summed E-state index contributed by atoms with van der Waals surface area (Å²) < 4.78 is 16.6. The van der Waals surface area contributed by atoms with Crippen molar-refractivity contribution in [3.8, 4) is 17.2 Å². The van der Waals surface area contributed by atoms with Gasteiger partial charge < -0.3 is 24.4 Å². The highest BCUT2D eigenvalue weighted by molar-refractivity contribution is 6.18. The van der Waals surface area contributed by atoms with Gasteiger partial charge in [0.25, 0.3) is 0 Å². The minimum atomic E-state index is -1.41. The Morgan fingerprint density at radius 2 is 1.69 bits per heavy atom. The number of ketones is 2. The Balaban J connectivity index is 1.43. The fourth-order valence-corrected chi connectivity index (χ4v) is 7.72. The first kappa shape index (κ1) is 27.2. The van der Waals surface area contributed by atoms with Gasteiger partial charge in [0.05, 0.1) is 19.1 Å². The van der Waals surface area contributed by atoms with E-state index in [0.29, 0.717) is 39.6 Å². The highest BCUT2D eigenvalue weighted by Crippen LogP contribution is 2.59. The number of nitrogens with one attached hydrogen (secondary N) is 1. The number of hydrogen-bond donors (Lipinski definition) is 1. The van der Waals surface area contributed by atoms with Crippen LogP contribution in [-0.4, -0.2) is 43.5 Å². The molecule has 4 heterocycles. The summed E-state index contributed by atoms with van der Waals surface area (Å²) in [4.78, 5) is 46.7. The summed E-state index contributed by atoms with van der Waals surface area (Å²) in [6.07, 6.45) is 2.06. The number of amides is 1. The monoisotopic (exact) mass is 598 g/mol. The highest BCUT2D eigenvalue weighted by atomic mass is 16.7. The molecule has 4 aromatic carbocycles. The summed E-state index contributed by atoms with van der Waals surface area (Å²) in [5.41, 5.74) is 4.49. The number of methoxy groups -OCH3 is 1. The van der Waals surface area contributed by atoms with Crippen molar-refractivity contribution in [2.24, 2.45) is 5.92 Å². The molecule has 1 N–H and O–H groups in total. The number of benzene rings is 4. The number of carbonyl (C=O) groups is 3. The lowest BCUT2D eigenvalue weighted by Crippen LogP contribution is -2.51. The van der Waals surface area contributed by atoms with E-state index in [1.165, 1.54) is 0 Å². The molecular formula is C37H30N2O6. The number of anilines is 2. The van der Waals surface area contributed by atoms with Crippen molar-refractivity contribution in [1.82, 2.24) is 0 Å². The van der Waals surface area contributed by atoms with Gasteiger partial charge in [-0.25, -0.2) is 0 Å². The molecule has 0 radical (unpaired) electrons. The molecule has 4 aromatic rings. The first-order valence-corrected chi connectivity index (χ1v) is 14.9. The average molecular weight is 599 g/mol. The van der Waals surface area contributed by atoms with Gasteiger partial charge in [-0.1, -0.05) is 48.0 Å². The maximum Gasteiger partial charge on any atom is 0.238 e. The average Bonchev–Trinajstić information content (AvgIpc) is 3.73. The molecular weight excluding hydrogens is 568 g/mol. The molecule has 1 amide bonds. The van der Waals surface area contributed by atoms with Crippen molar-refractivity contribution in [2.75, 3.05) is 24.1 Å². The zero-order valence-electron chi connectivity index (χ0n) is 25.0. The van der Waals surface area contributed by atoms with Crippen molar-refractivity contribution >= 4 is 34.4 Å². The van der Waals surface area contributed by atoms with Gasteiger partial charge >= 0.3 is 0 Å². The second-order valence-corrected chi connectivity index (χ2v) is 12.0. The molecule has 4 aliphatic heterocycles. The van der Waals surface area contributed by atoms with E-state index in [1.807, 2.05) is 55.1 Å². The van der Waals surface area contributed by atoms with E-state index in [-0.39, 0.29) is 24.3 Å². The second-order valence-electron chi connectivity index (χ2n) is 12.0. The van der Waals surface area contributed by atoms with Gasteiger partial charge in [-0.3, -0.25) is 14.4 Å². The molecule has 45 heavy (non-hydrogen) atoms. The minimum Gasteiger partial charge on any atom is -0.497 e. The van der Waals surface area contributed by atoms with Crippen LogP contribution < -0.4 is 24.4 Å². The van der Waals surface area contributed by atoms with E-state index >= 15 is 4.79 Å². The second kappa shape index (κ2) is 9.82. The number of para-hydroxylation sites is 1. The first-order valence-electron chi connectivity index (χ1n) is 14.9. The topological polar surface area (TPSA) is 94.2 Å². The Morgan fingerprint density at radius 3 is 2.53 bits per heavy atom. The Hall–Kier alpha value is -5.37. The smallest absolute Gasteiger partial charge is 0.238 e. The van der Waals surface area contributed by atoms with Crippen LogP contribution in [-0.2, 0) is 10.2 Å². The number of nitrogens with zero attached hydrogens (tertiary/aromatic N) is 1. The Morgan fingerprint density at radius 1 is 0.889 bits per heavy atom. The first-order chi connectivity index (χ1) is 21.8. The van der Waals surface area contributed by atoms with E-state index < -0.39 is 23.4 Å². The predicted molar refractivity (Wildman–Crippen MR) is 169 cm³/mol. The fourth-order valence-electron chi connectivity index (χ4n) is 7.72. The summed E-state index contributed by atoms with van der Waals surface area (Å²) in [6, 6.07) is 23.9. The molecule has 0 unspecified atom stereocenters. The van der Waals surface area contributed by atoms with Gasteiger partial charge in [-0.15, -0.1) is 0 Å². The lowest BCUT2D eigenvalue weighted by atomic mass is 9.64. The summed E-state index contributed by atoms with van der Waals surface area (Å²) in [5.74, 6) is -0.477. The normalized spacial score (nSPS) is 23.6. The molecule has 224 valence electrons. The summed E-state index contributed by atoms with van der Waals surface area (Å²) in [7, 11) is 1.55. The number of carbonyl (C=O) groups excluding carboxylic acids is 3. The molecule has 0 bridgehead atoms. The maximum atomic E-state index is 15.1. The minimum absolute atomic E-state index is 0.0587. The summed E-state index contributed by atoms with van der Waals surface area (Å²) >= 11 is 0. The molecule has 4 atom stereocenters. The zero-order chi connectivity index (χ0) is 31.0. The molecule has 8 nitrogen and oxygen atoms in total. The van der Waals surface area contributed by atoms with Crippen LogP contribution in [0.4, 0.5) is 11.4 Å². The van der Waals surface area contributed by atoms with E-state index in [4.69, 9.17) is 14.2 Å². The van der Waals surface area contributed by atoms with Crippen molar-refractivity contribution in [2.45, 2.75) is 31.3 Å². The number of rotatable bonds is 5. The standard InChI is InChI=1S/C37H30N2O6/c1-20-11-13-28-25(15-20)21(2)16-31-37(26-9-4-5-10-27(26)38-36(37)42)32(34(40)23-12-14-29-30(18-23)45-19-44-29)33(39(28)31)35(41)22-7-6-8-24(17-22)43-3/h4-18,31-33H,19H2,1-3H3,(H,38,42)/t31-,32+,33-,37-/m0/s1.